The highest BCUT2D eigenvalue weighted by Crippen LogP contribution is 2.33. The summed E-state index contributed by atoms with van der Waals surface area (Å²) in [5.41, 5.74) is 5.98. The third kappa shape index (κ3) is 3.96. The molecule has 0 bridgehead atoms. The van der Waals surface area contributed by atoms with Gasteiger partial charge in [-0.3, -0.25) is 4.79 Å². The Balaban J connectivity index is 1.69. The topological polar surface area (TPSA) is 55.6 Å². The summed E-state index contributed by atoms with van der Waals surface area (Å²) in [6.07, 6.45) is 5.08. The first-order chi connectivity index (χ1) is 8.16. The Labute approximate surface area is 103 Å². The minimum atomic E-state index is 0.0830. The Morgan fingerprint density at radius 3 is 2.59 bits per heavy atom. The van der Waals surface area contributed by atoms with Gasteiger partial charge in [0.1, 0.15) is 0 Å². The van der Waals surface area contributed by atoms with E-state index in [2.05, 4.69) is 0 Å². The van der Waals surface area contributed by atoms with Crippen LogP contribution in [0.2, 0.25) is 0 Å². The van der Waals surface area contributed by atoms with Crippen molar-refractivity contribution in [3.63, 3.8) is 0 Å². The molecule has 0 aromatic heterocycles. The van der Waals surface area contributed by atoms with Gasteiger partial charge in [-0.15, -0.1) is 0 Å². The lowest BCUT2D eigenvalue weighted by Crippen LogP contribution is -2.38. The molecule has 0 spiro atoms. The van der Waals surface area contributed by atoms with Crippen molar-refractivity contribution in [2.45, 2.75) is 38.1 Å². The SMILES string of the molecule is CN(CC1CCOCC1)C(=O)CC(N)C1CC1. The van der Waals surface area contributed by atoms with Crippen LogP contribution in [0.4, 0.5) is 0 Å². The molecule has 1 unspecified atom stereocenters. The number of carbonyl (C=O) groups excluding carboxylic acids is 1. The fourth-order valence-electron chi connectivity index (χ4n) is 2.47. The molecule has 1 amide bonds. The van der Waals surface area contributed by atoms with E-state index in [0.29, 0.717) is 18.3 Å². The van der Waals surface area contributed by atoms with E-state index < -0.39 is 0 Å². The molecule has 1 saturated carbocycles. The van der Waals surface area contributed by atoms with Gasteiger partial charge in [0, 0.05) is 39.3 Å². The average molecular weight is 240 g/mol. The Morgan fingerprint density at radius 2 is 2.00 bits per heavy atom. The lowest BCUT2D eigenvalue weighted by molar-refractivity contribution is -0.131. The molecule has 98 valence electrons. The molecule has 1 aliphatic carbocycles. The largest absolute Gasteiger partial charge is 0.381 e. The molecule has 2 fully saturated rings. The molecule has 1 atom stereocenters. The van der Waals surface area contributed by atoms with Crippen LogP contribution in [0.1, 0.15) is 32.1 Å². The normalized spacial score (nSPS) is 23.4. The van der Waals surface area contributed by atoms with Crippen LogP contribution in [-0.2, 0) is 9.53 Å². The van der Waals surface area contributed by atoms with E-state index in [-0.39, 0.29) is 11.9 Å². The highest BCUT2D eigenvalue weighted by atomic mass is 16.5. The minimum absolute atomic E-state index is 0.0830. The van der Waals surface area contributed by atoms with Gasteiger partial charge >= 0.3 is 0 Å². The van der Waals surface area contributed by atoms with Gasteiger partial charge < -0.3 is 15.4 Å². The first kappa shape index (κ1) is 12.8. The molecule has 1 aliphatic heterocycles. The molecule has 0 aromatic carbocycles. The van der Waals surface area contributed by atoms with Crippen molar-refractivity contribution in [2.24, 2.45) is 17.6 Å². The Hall–Kier alpha value is -0.610. The third-order valence-electron chi connectivity index (χ3n) is 3.94. The second-order valence-electron chi connectivity index (χ2n) is 5.54. The summed E-state index contributed by atoms with van der Waals surface area (Å²) in [5, 5.41) is 0. The molecule has 4 nitrogen and oxygen atoms in total. The smallest absolute Gasteiger partial charge is 0.223 e. The summed E-state index contributed by atoms with van der Waals surface area (Å²) in [5.74, 6) is 1.42. The molecule has 2 N–H and O–H groups in total. The van der Waals surface area contributed by atoms with E-state index in [4.69, 9.17) is 10.5 Å². The highest BCUT2D eigenvalue weighted by Gasteiger charge is 2.30. The van der Waals surface area contributed by atoms with Crippen molar-refractivity contribution in [3.8, 4) is 0 Å². The molecule has 2 rings (SSSR count). The van der Waals surface area contributed by atoms with Crippen molar-refractivity contribution in [2.75, 3.05) is 26.8 Å². The second kappa shape index (κ2) is 5.83. The number of carbonyl (C=O) groups is 1. The van der Waals surface area contributed by atoms with Crippen LogP contribution in [0.25, 0.3) is 0 Å². The molecule has 2 aliphatic rings. The summed E-state index contributed by atoms with van der Waals surface area (Å²) in [4.78, 5) is 13.8. The number of ether oxygens (including phenoxy) is 1. The van der Waals surface area contributed by atoms with Crippen LogP contribution >= 0.6 is 0 Å². The van der Waals surface area contributed by atoms with Crippen LogP contribution in [0.3, 0.4) is 0 Å². The first-order valence-electron chi connectivity index (χ1n) is 6.74. The lowest BCUT2D eigenvalue weighted by Gasteiger charge is -2.27. The van der Waals surface area contributed by atoms with Crippen molar-refractivity contribution in [1.82, 2.24) is 4.90 Å². The van der Waals surface area contributed by atoms with Gasteiger partial charge in [-0.05, 0) is 37.5 Å². The summed E-state index contributed by atoms with van der Waals surface area (Å²) in [7, 11) is 1.90. The van der Waals surface area contributed by atoms with E-state index in [9.17, 15) is 4.79 Å². The Kier molecular flexibility index (Phi) is 4.40. The molecule has 0 aromatic rings. The van der Waals surface area contributed by atoms with Crippen molar-refractivity contribution >= 4 is 5.91 Å². The summed E-state index contributed by atoms with van der Waals surface area (Å²) in [6.45, 7) is 2.54. The van der Waals surface area contributed by atoms with Gasteiger partial charge in [0.25, 0.3) is 0 Å². The molecular weight excluding hydrogens is 216 g/mol. The predicted molar refractivity (Wildman–Crippen MR) is 66.5 cm³/mol. The molecule has 1 saturated heterocycles. The van der Waals surface area contributed by atoms with Crippen LogP contribution in [-0.4, -0.2) is 43.7 Å². The number of amides is 1. The lowest BCUT2D eigenvalue weighted by atomic mass is 9.99. The van der Waals surface area contributed by atoms with Crippen molar-refractivity contribution in [3.05, 3.63) is 0 Å². The standard InChI is InChI=1S/C13H24N2O2/c1-15(9-10-4-6-17-7-5-10)13(16)8-12(14)11-2-3-11/h10-12H,2-9,14H2,1H3. The van der Waals surface area contributed by atoms with Gasteiger partial charge in [-0.2, -0.15) is 0 Å². The molecule has 1 heterocycles. The van der Waals surface area contributed by atoms with Crippen LogP contribution in [0, 0.1) is 11.8 Å². The van der Waals surface area contributed by atoms with E-state index in [0.717, 1.165) is 32.6 Å². The molecule has 4 heteroatoms. The average Bonchev–Trinajstić information content (AvgIpc) is 3.14. The number of nitrogens with zero attached hydrogens (tertiary/aromatic N) is 1. The Bertz CT molecular complexity index is 260. The zero-order valence-corrected chi connectivity index (χ0v) is 10.7. The molecule has 17 heavy (non-hydrogen) atoms. The summed E-state index contributed by atoms with van der Waals surface area (Å²) >= 11 is 0. The van der Waals surface area contributed by atoms with Gasteiger partial charge in [0.15, 0.2) is 0 Å². The monoisotopic (exact) mass is 240 g/mol. The number of rotatable bonds is 5. The van der Waals surface area contributed by atoms with Gasteiger partial charge in [-0.1, -0.05) is 0 Å². The van der Waals surface area contributed by atoms with Gasteiger partial charge in [0.05, 0.1) is 0 Å². The Morgan fingerprint density at radius 1 is 1.35 bits per heavy atom. The molecular formula is C13H24N2O2. The predicted octanol–water partition coefficient (Wildman–Crippen LogP) is 0.999. The quantitative estimate of drug-likeness (QED) is 0.780. The number of hydrogen-bond donors (Lipinski definition) is 1. The van der Waals surface area contributed by atoms with E-state index in [1.165, 1.54) is 12.8 Å². The summed E-state index contributed by atoms with van der Waals surface area (Å²) in [6, 6.07) is 0.0830. The fourth-order valence-corrected chi connectivity index (χ4v) is 2.47. The van der Waals surface area contributed by atoms with E-state index in [1.54, 1.807) is 0 Å². The maximum atomic E-state index is 12.0. The first-order valence-corrected chi connectivity index (χ1v) is 6.74. The number of hydrogen-bond acceptors (Lipinski definition) is 3. The van der Waals surface area contributed by atoms with Gasteiger partial charge in [-0.25, -0.2) is 0 Å². The minimum Gasteiger partial charge on any atom is -0.381 e. The highest BCUT2D eigenvalue weighted by molar-refractivity contribution is 5.76. The van der Waals surface area contributed by atoms with Crippen LogP contribution < -0.4 is 5.73 Å². The maximum absolute atomic E-state index is 12.0. The fraction of sp³-hybridized carbons (Fsp3) is 0.923. The second-order valence-corrected chi connectivity index (χ2v) is 5.54. The van der Waals surface area contributed by atoms with Crippen LogP contribution in [0.5, 0.6) is 0 Å². The maximum Gasteiger partial charge on any atom is 0.223 e. The van der Waals surface area contributed by atoms with E-state index in [1.807, 2.05) is 11.9 Å². The third-order valence-corrected chi connectivity index (χ3v) is 3.94. The molecule has 0 radical (unpaired) electrons. The zero-order valence-electron chi connectivity index (χ0n) is 10.7. The van der Waals surface area contributed by atoms with Crippen molar-refractivity contribution in [1.29, 1.82) is 0 Å². The summed E-state index contributed by atoms with van der Waals surface area (Å²) < 4.78 is 5.32. The van der Waals surface area contributed by atoms with E-state index >= 15 is 0 Å². The van der Waals surface area contributed by atoms with Gasteiger partial charge in [0.2, 0.25) is 5.91 Å². The van der Waals surface area contributed by atoms with Crippen molar-refractivity contribution < 1.29 is 9.53 Å². The zero-order chi connectivity index (χ0) is 12.3. The van der Waals surface area contributed by atoms with Crippen LogP contribution in [0.15, 0.2) is 0 Å². The number of nitrogens with two attached hydrogens (primary N) is 1.